The molecule has 1 aromatic heterocycles. The number of carbonyl (C=O) groups excluding carboxylic acids is 1. The predicted molar refractivity (Wildman–Crippen MR) is 69.1 cm³/mol. The summed E-state index contributed by atoms with van der Waals surface area (Å²) < 4.78 is 1.87. The first kappa shape index (κ1) is 12.3. The zero-order valence-electron chi connectivity index (χ0n) is 10.1. The van der Waals surface area contributed by atoms with E-state index in [4.69, 9.17) is 5.11 Å². The average molecular weight is 245 g/mol. The Labute approximate surface area is 105 Å². The van der Waals surface area contributed by atoms with Gasteiger partial charge in [0.15, 0.2) is 0 Å². The Morgan fingerprint density at radius 2 is 2.33 bits per heavy atom. The summed E-state index contributed by atoms with van der Waals surface area (Å²) in [6.45, 7) is 2.04. The number of aromatic nitrogens is 2. The molecular formula is C13H15N3O2. The largest absolute Gasteiger partial charge is 0.395 e. The van der Waals surface area contributed by atoms with Crippen LogP contribution in [0.4, 0.5) is 5.69 Å². The summed E-state index contributed by atoms with van der Waals surface area (Å²) in [5.74, 6) is 0.669. The van der Waals surface area contributed by atoms with Gasteiger partial charge in [0.1, 0.15) is 5.82 Å². The van der Waals surface area contributed by atoms with E-state index in [0.29, 0.717) is 6.54 Å². The van der Waals surface area contributed by atoms with Crippen LogP contribution < -0.4 is 5.32 Å². The lowest BCUT2D eigenvalue weighted by atomic mass is 10.2. The number of hydrogen-bond donors (Lipinski definition) is 2. The molecule has 2 N–H and O–H groups in total. The van der Waals surface area contributed by atoms with Crippen molar-refractivity contribution in [3.05, 3.63) is 36.7 Å². The highest BCUT2D eigenvalue weighted by Gasteiger charge is 2.06. The van der Waals surface area contributed by atoms with E-state index in [0.717, 1.165) is 17.1 Å². The second kappa shape index (κ2) is 5.46. The minimum absolute atomic E-state index is 0.0642. The van der Waals surface area contributed by atoms with Crippen LogP contribution in [0, 0.1) is 0 Å². The van der Waals surface area contributed by atoms with Gasteiger partial charge in [0.2, 0.25) is 5.91 Å². The number of aliphatic hydroxyl groups is 1. The van der Waals surface area contributed by atoms with Gasteiger partial charge in [0.05, 0.1) is 6.61 Å². The van der Waals surface area contributed by atoms with E-state index >= 15 is 0 Å². The van der Waals surface area contributed by atoms with Crippen molar-refractivity contribution in [2.45, 2.75) is 13.5 Å². The standard InChI is InChI=1S/C13H15N3O2/c1-10(18)15-12-4-2-3-11(9-12)13-14-5-6-16(13)7-8-17/h2-6,9,17H,7-8H2,1H3,(H,15,18). The third kappa shape index (κ3) is 2.75. The maximum Gasteiger partial charge on any atom is 0.221 e. The molecule has 0 aliphatic rings. The number of carbonyl (C=O) groups is 1. The third-order valence-electron chi connectivity index (χ3n) is 2.50. The van der Waals surface area contributed by atoms with Crippen molar-refractivity contribution in [2.24, 2.45) is 0 Å². The number of nitrogens with one attached hydrogen (secondary N) is 1. The lowest BCUT2D eigenvalue weighted by Crippen LogP contribution is -2.06. The highest BCUT2D eigenvalue weighted by molar-refractivity contribution is 5.89. The maximum atomic E-state index is 11.0. The van der Waals surface area contributed by atoms with Crippen LogP contribution in [0.15, 0.2) is 36.7 Å². The number of anilines is 1. The number of amides is 1. The maximum absolute atomic E-state index is 11.0. The van der Waals surface area contributed by atoms with Crippen molar-refractivity contribution < 1.29 is 9.90 Å². The van der Waals surface area contributed by atoms with Crippen LogP contribution in [0.1, 0.15) is 6.92 Å². The second-order valence-electron chi connectivity index (χ2n) is 3.93. The topological polar surface area (TPSA) is 67.2 Å². The Morgan fingerprint density at radius 3 is 3.06 bits per heavy atom. The Hall–Kier alpha value is -2.14. The fourth-order valence-electron chi connectivity index (χ4n) is 1.80. The minimum Gasteiger partial charge on any atom is -0.395 e. The molecule has 0 fully saturated rings. The summed E-state index contributed by atoms with van der Waals surface area (Å²) in [6, 6.07) is 7.46. The summed E-state index contributed by atoms with van der Waals surface area (Å²) >= 11 is 0. The molecule has 0 radical (unpaired) electrons. The lowest BCUT2D eigenvalue weighted by Gasteiger charge is -2.08. The Kier molecular flexibility index (Phi) is 3.74. The molecule has 1 aromatic carbocycles. The molecule has 0 bridgehead atoms. The molecule has 1 amide bonds. The normalized spacial score (nSPS) is 10.3. The monoisotopic (exact) mass is 245 g/mol. The Bertz CT molecular complexity index is 549. The van der Waals surface area contributed by atoms with E-state index in [9.17, 15) is 4.79 Å². The number of nitrogens with zero attached hydrogens (tertiary/aromatic N) is 2. The molecule has 2 rings (SSSR count). The van der Waals surface area contributed by atoms with Crippen molar-refractivity contribution in [2.75, 3.05) is 11.9 Å². The molecule has 1 heterocycles. The first-order valence-electron chi connectivity index (χ1n) is 5.70. The molecule has 0 aliphatic carbocycles. The van der Waals surface area contributed by atoms with Gasteiger partial charge in [0.25, 0.3) is 0 Å². The first-order valence-corrected chi connectivity index (χ1v) is 5.70. The van der Waals surface area contributed by atoms with Crippen LogP contribution in [0.5, 0.6) is 0 Å². The molecule has 0 aliphatic heterocycles. The van der Waals surface area contributed by atoms with Gasteiger partial charge in [-0.05, 0) is 12.1 Å². The van der Waals surface area contributed by atoms with Gasteiger partial charge in [-0.2, -0.15) is 0 Å². The van der Waals surface area contributed by atoms with Crippen LogP contribution in [0.25, 0.3) is 11.4 Å². The molecule has 5 heteroatoms. The second-order valence-corrected chi connectivity index (χ2v) is 3.93. The SMILES string of the molecule is CC(=O)Nc1cccc(-c2nccn2CCO)c1. The van der Waals surface area contributed by atoms with Gasteiger partial charge in [-0.3, -0.25) is 4.79 Å². The van der Waals surface area contributed by atoms with E-state index in [1.807, 2.05) is 35.0 Å². The quantitative estimate of drug-likeness (QED) is 0.857. The summed E-state index contributed by atoms with van der Waals surface area (Å²) in [5.41, 5.74) is 1.64. The summed E-state index contributed by atoms with van der Waals surface area (Å²) in [7, 11) is 0. The molecule has 18 heavy (non-hydrogen) atoms. The van der Waals surface area contributed by atoms with Gasteiger partial charge < -0.3 is 15.0 Å². The van der Waals surface area contributed by atoms with Gasteiger partial charge >= 0.3 is 0 Å². The van der Waals surface area contributed by atoms with Gasteiger partial charge in [-0.25, -0.2) is 4.98 Å². The summed E-state index contributed by atoms with van der Waals surface area (Å²) in [5, 5.41) is 11.7. The lowest BCUT2D eigenvalue weighted by molar-refractivity contribution is -0.114. The zero-order chi connectivity index (χ0) is 13.0. The van der Waals surface area contributed by atoms with Crippen molar-refractivity contribution in [3.8, 4) is 11.4 Å². The van der Waals surface area contributed by atoms with Gasteiger partial charge in [-0.1, -0.05) is 12.1 Å². The van der Waals surface area contributed by atoms with Gasteiger partial charge in [-0.15, -0.1) is 0 Å². The average Bonchev–Trinajstić information content (AvgIpc) is 2.77. The number of imidazole rings is 1. The Morgan fingerprint density at radius 1 is 1.50 bits per heavy atom. The number of rotatable bonds is 4. The highest BCUT2D eigenvalue weighted by Crippen LogP contribution is 2.21. The first-order chi connectivity index (χ1) is 8.70. The molecule has 0 spiro atoms. The smallest absolute Gasteiger partial charge is 0.221 e. The fourth-order valence-corrected chi connectivity index (χ4v) is 1.80. The molecule has 0 unspecified atom stereocenters. The fraction of sp³-hybridized carbons (Fsp3) is 0.231. The number of benzene rings is 1. The van der Waals surface area contributed by atoms with Crippen LogP contribution in [-0.2, 0) is 11.3 Å². The van der Waals surface area contributed by atoms with Crippen LogP contribution in [-0.4, -0.2) is 27.2 Å². The summed E-state index contributed by atoms with van der Waals surface area (Å²) in [4.78, 5) is 15.3. The van der Waals surface area contributed by atoms with E-state index in [-0.39, 0.29) is 12.5 Å². The van der Waals surface area contributed by atoms with Crippen molar-refractivity contribution in [3.63, 3.8) is 0 Å². The highest BCUT2D eigenvalue weighted by atomic mass is 16.3. The Balaban J connectivity index is 2.32. The third-order valence-corrected chi connectivity index (χ3v) is 2.50. The molecular weight excluding hydrogens is 230 g/mol. The summed E-state index contributed by atoms with van der Waals surface area (Å²) in [6.07, 6.45) is 3.51. The van der Waals surface area contributed by atoms with Crippen LogP contribution in [0.3, 0.4) is 0 Å². The molecule has 0 saturated heterocycles. The molecule has 5 nitrogen and oxygen atoms in total. The zero-order valence-corrected chi connectivity index (χ0v) is 10.1. The van der Waals surface area contributed by atoms with Crippen molar-refractivity contribution in [1.29, 1.82) is 0 Å². The van der Waals surface area contributed by atoms with Gasteiger partial charge in [0, 0.05) is 37.1 Å². The predicted octanol–water partition coefficient (Wildman–Crippen LogP) is 1.50. The van der Waals surface area contributed by atoms with E-state index in [1.165, 1.54) is 6.92 Å². The molecule has 94 valence electrons. The molecule has 0 saturated carbocycles. The molecule has 2 aromatic rings. The molecule has 0 atom stereocenters. The van der Waals surface area contributed by atoms with Crippen LogP contribution in [0.2, 0.25) is 0 Å². The van der Waals surface area contributed by atoms with E-state index < -0.39 is 0 Å². The minimum atomic E-state index is -0.106. The number of hydrogen-bond acceptors (Lipinski definition) is 3. The van der Waals surface area contributed by atoms with Crippen LogP contribution >= 0.6 is 0 Å². The van der Waals surface area contributed by atoms with E-state index in [2.05, 4.69) is 10.3 Å². The van der Waals surface area contributed by atoms with E-state index in [1.54, 1.807) is 6.20 Å². The van der Waals surface area contributed by atoms with Crippen molar-refractivity contribution in [1.82, 2.24) is 9.55 Å². The van der Waals surface area contributed by atoms with Crippen molar-refractivity contribution >= 4 is 11.6 Å². The number of aliphatic hydroxyl groups excluding tert-OH is 1.